The van der Waals surface area contributed by atoms with E-state index in [1.54, 1.807) is 0 Å². The van der Waals surface area contributed by atoms with Gasteiger partial charge in [-0.15, -0.1) is 0 Å². The molecule has 0 aromatic carbocycles. The lowest BCUT2D eigenvalue weighted by molar-refractivity contribution is -0.135. The molecule has 0 aromatic rings. The van der Waals surface area contributed by atoms with Crippen LogP contribution in [0.2, 0.25) is 0 Å². The number of nitrogens with zero attached hydrogens (tertiary/aromatic N) is 1. The number of carbonyl (C=O) groups excluding carboxylic acids is 2. The van der Waals surface area contributed by atoms with Crippen LogP contribution in [-0.4, -0.2) is 59.6 Å². The van der Waals surface area contributed by atoms with E-state index in [0.29, 0.717) is 24.7 Å². The van der Waals surface area contributed by atoms with E-state index in [9.17, 15) is 23.1 Å². The lowest BCUT2D eigenvalue weighted by atomic mass is 9.73. The molecular weight excluding hydrogens is 344 g/mol. The van der Waals surface area contributed by atoms with E-state index in [2.05, 4.69) is 19.2 Å². The molecule has 0 unspecified atom stereocenters. The van der Waals surface area contributed by atoms with Crippen molar-refractivity contribution in [1.82, 2.24) is 10.2 Å². The van der Waals surface area contributed by atoms with Gasteiger partial charge in [-0.1, -0.05) is 13.8 Å². The maximum absolute atomic E-state index is 12.9. The molecule has 8 heteroatoms. The molecule has 142 valence electrons. The lowest BCUT2D eigenvalue weighted by Crippen LogP contribution is -2.52. The van der Waals surface area contributed by atoms with Crippen molar-refractivity contribution in [3.8, 4) is 0 Å². The summed E-state index contributed by atoms with van der Waals surface area (Å²) < 4.78 is 23.1. The normalized spacial score (nSPS) is 30.7. The third kappa shape index (κ3) is 3.56. The Bertz CT molecular complexity index is 651. The molecule has 0 aromatic heterocycles. The van der Waals surface area contributed by atoms with Crippen LogP contribution in [0.4, 0.5) is 4.79 Å². The highest BCUT2D eigenvalue weighted by Gasteiger charge is 2.54. The van der Waals surface area contributed by atoms with Crippen molar-refractivity contribution < 1.29 is 23.1 Å². The molecule has 7 nitrogen and oxygen atoms in total. The van der Waals surface area contributed by atoms with Gasteiger partial charge >= 0.3 is 6.03 Å². The van der Waals surface area contributed by atoms with Crippen molar-refractivity contribution in [3.63, 3.8) is 0 Å². The van der Waals surface area contributed by atoms with Crippen molar-refractivity contribution in [2.45, 2.75) is 63.5 Å². The minimum Gasteiger partial charge on any atom is -0.388 e. The number of aliphatic hydroxyl groups is 1. The number of carbonyl (C=O) groups is 2. The minimum atomic E-state index is -3.12. The van der Waals surface area contributed by atoms with Gasteiger partial charge in [0.25, 0.3) is 5.91 Å². The molecule has 3 fully saturated rings. The summed E-state index contributed by atoms with van der Waals surface area (Å²) >= 11 is 0. The number of rotatable bonds is 3. The van der Waals surface area contributed by atoms with Gasteiger partial charge in [0.1, 0.15) is 5.54 Å². The molecule has 3 aliphatic rings. The third-order valence-corrected chi connectivity index (χ3v) is 7.93. The van der Waals surface area contributed by atoms with Gasteiger partial charge in [-0.3, -0.25) is 9.69 Å². The molecule has 3 amide bonds. The molecule has 0 atom stereocenters. The molecule has 2 aliphatic heterocycles. The summed E-state index contributed by atoms with van der Waals surface area (Å²) in [6, 6.07) is -0.463. The highest BCUT2D eigenvalue weighted by Crippen LogP contribution is 2.40. The van der Waals surface area contributed by atoms with E-state index in [4.69, 9.17) is 0 Å². The lowest BCUT2D eigenvalue weighted by Gasteiger charge is -2.37. The molecule has 25 heavy (non-hydrogen) atoms. The summed E-state index contributed by atoms with van der Waals surface area (Å²) in [6.07, 6.45) is 3.19. The molecule has 3 rings (SSSR count). The van der Waals surface area contributed by atoms with Crippen molar-refractivity contribution in [2.24, 2.45) is 11.8 Å². The Balaban J connectivity index is 1.68. The van der Waals surface area contributed by atoms with E-state index in [1.165, 1.54) is 0 Å². The Morgan fingerprint density at radius 1 is 1.16 bits per heavy atom. The highest BCUT2D eigenvalue weighted by atomic mass is 32.2. The topological polar surface area (TPSA) is 104 Å². The SMILES string of the molecule is CC(C)C1CCC2(CC1)NC(=O)N(CC1(O)CCS(=O)(=O)CC1)C2=O. The van der Waals surface area contributed by atoms with Crippen LogP contribution in [0, 0.1) is 11.8 Å². The zero-order valence-electron chi connectivity index (χ0n) is 15.0. The molecule has 1 aliphatic carbocycles. The first-order valence-corrected chi connectivity index (χ1v) is 10.9. The van der Waals surface area contributed by atoms with Gasteiger partial charge in [-0.05, 0) is 50.4 Å². The van der Waals surface area contributed by atoms with Gasteiger partial charge in [0.2, 0.25) is 0 Å². The Morgan fingerprint density at radius 3 is 2.24 bits per heavy atom. The zero-order valence-corrected chi connectivity index (χ0v) is 15.8. The monoisotopic (exact) mass is 372 g/mol. The molecule has 1 saturated carbocycles. The van der Waals surface area contributed by atoms with Crippen LogP contribution in [0.5, 0.6) is 0 Å². The predicted octanol–water partition coefficient (Wildman–Crippen LogP) is 1.06. The minimum absolute atomic E-state index is 0.0643. The van der Waals surface area contributed by atoms with Gasteiger partial charge < -0.3 is 10.4 Å². The first kappa shape index (κ1) is 18.6. The molecule has 2 saturated heterocycles. The molecule has 2 N–H and O–H groups in total. The van der Waals surface area contributed by atoms with Gasteiger partial charge in [-0.2, -0.15) is 0 Å². The molecule has 2 heterocycles. The quantitative estimate of drug-likeness (QED) is 0.721. The van der Waals surface area contributed by atoms with Gasteiger partial charge in [-0.25, -0.2) is 13.2 Å². The van der Waals surface area contributed by atoms with Crippen LogP contribution in [0.25, 0.3) is 0 Å². The predicted molar refractivity (Wildman–Crippen MR) is 92.6 cm³/mol. The number of amides is 3. The second-order valence-corrected chi connectivity index (χ2v) is 10.7. The van der Waals surface area contributed by atoms with E-state index in [0.717, 1.165) is 17.7 Å². The maximum Gasteiger partial charge on any atom is 0.325 e. The summed E-state index contributed by atoms with van der Waals surface area (Å²) in [7, 11) is -3.12. The Morgan fingerprint density at radius 2 is 1.72 bits per heavy atom. The summed E-state index contributed by atoms with van der Waals surface area (Å²) in [5.74, 6) is 0.659. The standard InChI is InChI=1S/C17H28N2O5S/c1-12(2)13-3-5-17(6-4-13)14(20)19(15(21)18-17)11-16(22)7-9-25(23,24)10-8-16/h12-13,22H,3-11H2,1-2H3,(H,18,21). The number of nitrogens with one attached hydrogen (secondary N) is 1. The maximum atomic E-state index is 12.9. The Kier molecular flexibility index (Phi) is 4.64. The van der Waals surface area contributed by atoms with Crippen molar-refractivity contribution in [1.29, 1.82) is 0 Å². The number of sulfone groups is 1. The van der Waals surface area contributed by atoms with E-state index in [-0.39, 0.29) is 36.8 Å². The molecule has 1 spiro atoms. The van der Waals surface area contributed by atoms with E-state index < -0.39 is 27.0 Å². The number of hydrogen-bond donors (Lipinski definition) is 2. The van der Waals surface area contributed by atoms with Crippen molar-refractivity contribution in [2.75, 3.05) is 18.1 Å². The van der Waals surface area contributed by atoms with Crippen LogP contribution in [0.1, 0.15) is 52.4 Å². The van der Waals surface area contributed by atoms with Crippen LogP contribution in [-0.2, 0) is 14.6 Å². The van der Waals surface area contributed by atoms with Gasteiger partial charge in [0.15, 0.2) is 9.84 Å². The third-order valence-electron chi connectivity index (χ3n) is 6.28. The zero-order chi connectivity index (χ0) is 18.5. The second-order valence-electron chi connectivity index (χ2n) is 8.36. The second kappa shape index (κ2) is 6.23. The van der Waals surface area contributed by atoms with Crippen LogP contribution in [0.3, 0.4) is 0 Å². The van der Waals surface area contributed by atoms with Crippen LogP contribution >= 0.6 is 0 Å². The van der Waals surface area contributed by atoms with Gasteiger partial charge in [0.05, 0.1) is 23.7 Å². The summed E-state index contributed by atoms with van der Waals surface area (Å²) in [5.41, 5.74) is -2.14. The number of β-amino-alcohol motifs (C(OH)–C–C–N with tert-alkyl or cyclic N) is 1. The molecule has 0 radical (unpaired) electrons. The van der Waals surface area contributed by atoms with E-state index in [1.807, 2.05) is 0 Å². The molecular formula is C17H28N2O5S. The highest BCUT2D eigenvalue weighted by molar-refractivity contribution is 7.91. The van der Waals surface area contributed by atoms with Crippen LogP contribution < -0.4 is 5.32 Å². The first-order valence-electron chi connectivity index (χ1n) is 9.13. The van der Waals surface area contributed by atoms with Crippen molar-refractivity contribution in [3.05, 3.63) is 0 Å². The Hall–Kier alpha value is -1.15. The van der Waals surface area contributed by atoms with Gasteiger partial charge in [0, 0.05) is 0 Å². The van der Waals surface area contributed by atoms with Crippen molar-refractivity contribution >= 4 is 21.8 Å². The average molecular weight is 372 g/mol. The summed E-state index contributed by atoms with van der Waals surface area (Å²) in [4.78, 5) is 26.4. The Labute approximate surface area is 149 Å². The fourth-order valence-corrected chi connectivity index (χ4v) is 5.91. The fourth-order valence-electron chi connectivity index (χ4n) is 4.33. The number of urea groups is 1. The number of hydrogen-bond acceptors (Lipinski definition) is 5. The average Bonchev–Trinajstić information content (AvgIpc) is 2.76. The van der Waals surface area contributed by atoms with E-state index >= 15 is 0 Å². The molecule has 0 bridgehead atoms. The number of imide groups is 1. The summed E-state index contributed by atoms with van der Waals surface area (Å²) in [5, 5.41) is 13.5. The first-order chi connectivity index (χ1) is 11.6. The summed E-state index contributed by atoms with van der Waals surface area (Å²) in [6.45, 7) is 4.23. The largest absolute Gasteiger partial charge is 0.388 e. The fraction of sp³-hybridized carbons (Fsp3) is 0.882. The smallest absolute Gasteiger partial charge is 0.325 e. The van der Waals surface area contributed by atoms with Crippen LogP contribution in [0.15, 0.2) is 0 Å².